The van der Waals surface area contributed by atoms with Gasteiger partial charge in [0.25, 0.3) is 0 Å². The summed E-state index contributed by atoms with van der Waals surface area (Å²) in [7, 11) is 0. The second-order valence-electron chi connectivity index (χ2n) is 9.08. The Morgan fingerprint density at radius 3 is 1.14 bits per heavy atom. The molecule has 9 heteroatoms. The van der Waals surface area contributed by atoms with E-state index in [1.54, 1.807) is 0 Å². The Kier molecular flexibility index (Phi) is 28.9. The van der Waals surface area contributed by atoms with Crippen LogP contribution in [0.25, 0.3) is 0 Å². The summed E-state index contributed by atoms with van der Waals surface area (Å²) in [6.07, 6.45) is 9.53. The van der Waals surface area contributed by atoms with Crippen LogP contribution in [-0.2, 0) is 48.9 Å². The van der Waals surface area contributed by atoms with Crippen LogP contribution in [0.2, 0.25) is 0 Å². The zero-order valence-corrected chi connectivity index (χ0v) is 25.6. The molecule has 0 aromatic rings. The fourth-order valence-electron chi connectivity index (χ4n) is 2.74. The van der Waals surface area contributed by atoms with Gasteiger partial charge in [0.05, 0.1) is 23.8 Å². The molecule has 0 N–H and O–H groups in total. The molecule has 0 radical (unpaired) electrons. The molecule has 204 valence electrons. The van der Waals surface area contributed by atoms with Gasteiger partial charge in [0.15, 0.2) is 0 Å². The number of unbranched alkanes of at least 4 members (excludes halogenated alkanes) is 6. The Labute approximate surface area is 225 Å². The minimum atomic E-state index is -1.23. The van der Waals surface area contributed by atoms with E-state index in [0.717, 1.165) is 51.4 Å². The molecule has 0 aliphatic rings. The first-order chi connectivity index (χ1) is 16.3. The van der Waals surface area contributed by atoms with Crippen molar-refractivity contribution in [1.29, 1.82) is 0 Å². The van der Waals surface area contributed by atoms with E-state index in [1.165, 1.54) is 13.8 Å². The second-order valence-corrected chi connectivity index (χ2v) is 10.6. The monoisotopic (exact) mass is 578 g/mol. The van der Waals surface area contributed by atoms with Gasteiger partial charge in [-0.25, -0.2) is 0 Å². The van der Waals surface area contributed by atoms with Gasteiger partial charge < -0.3 is 19.8 Å². The van der Waals surface area contributed by atoms with Gasteiger partial charge in [0, 0.05) is 0 Å². The molecule has 0 aliphatic heterocycles. The fourth-order valence-corrected chi connectivity index (χ4v) is 3.83. The normalized spacial score (nSPS) is 11.9. The molecule has 0 aromatic carbocycles. The predicted octanol–water partition coefficient (Wildman–Crippen LogP) is 3.57. The third kappa shape index (κ3) is 29.2. The van der Waals surface area contributed by atoms with Crippen molar-refractivity contribution in [2.45, 2.75) is 132 Å². The van der Waals surface area contributed by atoms with Crippen molar-refractivity contribution in [2.75, 3.05) is 0 Å². The van der Waals surface area contributed by atoms with Crippen molar-refractivity contribution < 1.29 is 59.1 Å². The smallest absolute Gasteiger partial charge is 0.138 e. The van der Waals surface area contributed by atoms with Crippen molar-refractivity contribution >= 4 is 23.5 Å². The van der Waals surface area contributed by atoms with Crippen LogP contribution in [-0.4, -0.2) is 35.7 Å². The summed E-state index contributed by atoms with van der Waals surface area (Å²) in [5, 5.41) is 20.9. The Bertz CT molecular complexity index is 488. The molecule has 35 heavy (non-hydrogen) atoms. The topological polar surface area (TPSA) is 133 Å². The van der Waals surface area contributed by atoms with E-state index >= 15 is 0 Å². The molecule has 0 rings (SSSR count). The van der Waals surface area contributed by atoms with E-state index in [2.05, 4.69) is 13.8 Å². The van der Waals surface area contributed by atoms with Crippen LogP contribution in [0.5, 0.6) is 0 Å². The maximum Gasteiger partial charge on any atom is 0.138 e. The van der Waals surface area contributed by atoms with Gasteiger partial charge in [-0.15, -0.1) is 0 Å². The first kappa shape index (κ1) is 38.6. The first-order valence-corrected chi connectivity index (χ1v) is 14.8. The van der Waals surface area contributed by atoms with Crippen molar-refractivity contribution in [2.24, 2.45) is 11.8 Å². The number of ketones is 2. The molecule has 0 amide bonds. The Hall–Kier alpha value is -0.917. The summed E-state index contributed by atoms with van der Waals surface area (Å²) in [6, 6.07) is 0. The van der Waals surface area contributed by atoms with Crippen LogP contribution in [0.15, 0.2) is 0 Å². The molecular weight excluding hydrogens is 532 g/mol. The molecule has 8 nitrogen and oxygen atoms in total. The SMILES string of the molecule is CC(C)[O][Zr+2][O]C(C)C.CCCCCCC(C(C)=O)C(=O)[O-].CCCCCCC(C(C)=O)C(=O)[O-]. The van der Waals surface area contributed by atoms with Gasteiger partial charge in [-0.05, 0) is 26.7 Å². The van der Waals surface area contributed by atoms with Gasteiger partial charge in [0.2, 0.25) is 0 Å². The van der Waals surface area contributed by atoms with E-state index in [9.17, 15) is 29.4 Å². The van der Waals surface area contributed by atoms with Crippen LogP contribution in [0.4, 0.5) is 0 Å². The predicted molar refractivity (Wildman–Crippen MR) is 128 cm³/mol. The number of carbonyl (C=O) groups excluding carboxylic acids is 4. The average Bonchev–Trinajstić information content (AvgIpc) is 2.73. The maximum atomic E-state index is 10.8. The molecule has 0 aliphatic carbocycles. The average molecular weight is 580 g/mol. The van der Waals surface area contributed by atoms with Crippen molar-refractivity contribution in [3.05, 3.63) is 0 Å². The molecule has 0 heterocycles. The number of carboxylic acid groups (broad SMARTS) is 2. The molecule has 2 atom stereocenters. The fraction of sp³-hybridized carbons (Fsp3) is 0.846. The van der Waals surface area contributed by atoms with Crippen LogP contribution in [0.3, 0.4) is 0 Å². The van der Waals surface area contributed by atoms with E-state index in [1.807, 2.05) is 27.7 Å². The standard InChI is InChI=1S/2C10H18O3.2C3H7O.Zr/c2*1-3-4-5-6-7-9(8(2)11)10(12)13;2*1-3(2)4;/h2*9H,3-7H2,1-2H3,(H,12,13);2*3H,1-2H3;/q;;2*-1;+4/p-2. The summed E-state index contributed by atoms with van der Waals surface area (Å²) in [5.74, 6) is -4.84. The third-order valence-electron chi connectivity index (χ3n) is 4.81. The summed E-state index contributed by atoms with van der Waals surface area (Å²) < 4.78 is 10.6. The Morgan fingerprint density at radius 1 is 0.629 bits per heavy atom. The number of hydrogen-bond donors (Lipinski definition) is 0. The van der Waals surface area contributed by atoms with Crippen molar-refractivity contribution in [1.82, 2.24) is 0 Å². The van der Waals surface area contributed by atoms with Gasteiger partial charge in [-0.1, -0.05) is 65.2 Å². The third-order valence-corrected chi connectivity index (χ3v) is 7.60. The second kappa shape index (κ2) is 26.2. The molecule has 0 spiro atoms. The Balaban J connectivity index is -0.000000448. The number of Topliss-reactive ketones (excluding diaryl/α,β-unsaturated/α-hetero) is 2. The number of aliphatic carboxylic acids is 2. The number of rotatable bonds is 18. The maximum absolute atomic E-state index is 10.8. The zero-order valence-electron chi connectivity index (χ0n) is 23.1. The summed E-state index contributed by atoms with van der Waals surface area (Å²) in [4.78, 5) is 42.6. The molecule has 0 saturated heterocycles. The number of carboxylic acids is 2. The molecule has 2 unspecified atom stereocenters. The molecular formula is C26H48O8Zr. The van der Waals surface area contributed by atoms with Crippen molar-refractivity contribution in [3.8, 4) is 0 Å². The summed E-state index contributed by atoms with van der Waals surface area (Å²) in [6.45, 7) is 14.9. The van der Waals surface area contributed by atoms with Crippen LogP contribution < -0.4 is 10.2 Å². The quantitative estimate of drug-likeness (QED) is 0.178. The van der Waals surface area contributed by atoms with E-state index in [4.69, 9.17) is 5.63 Å². The molecule has 0 bridgehead atoms. The molecule has 0 saturated carbocycles. The largest absolute Gasteiger partial charge is 0.549 e. The van der Waals surface area contributed by atoms with E-state index in [0.29, 0.717) is 25.0 Å². The van der Waals surface area contributed by atoms with Gasteiger partial charge in [-0.3, -0.25) is 9.59 Å². The number of hydrogen-bond acceptors (Lipinski definition) is 8. The van der Waals surface area contributed by atoms with E-state index < -0.39 is 47.9 Å². The summed E-state index contributed by atoms with van der Waals surface area (Å²) in [5.41, 5.74) is 0. The van der Waals surface area contributed by atoms with Crippen LogP contribution >= 0.6 is 0 Å². The van der Waals surface area contributed by atoms with Gasteiger partial charge in [-0.2, -0.15) is 0 Å². The molecule has 0 aromatic heterocycles. The molecule has 0 fully saturated rings. The number of carbonyl (C=O) groups is 4. The van der Waals surface area contributed by atoms with Gasteiger partial charge in [0.1, 0.15) is 11.6 Å². The zero-order chi connectivity index (χ0) is 27.8. The van der Waals surface area contributed by atoms with E-state index in [-0.39, 0.29) is 11.6 Å². The first-order valence-electron chi connectivity index (χ1n) is 12.8. The minimum absolute atomic E-state index is 0.295. The van der Waals surface area contributed by atoms with Crippen LogP contribution in [0.1, 0.15) is 120 Å². The minimum Gasteiger partial charge on any atom is -0.549 e. The van der Waals surface area contributed by atoms with Crippen molar-refractivity contribution in [3.63, 3.8) is 0 Å². The van der Waals surface area contributed by atoms with Crippen LogP contribution in [0, 0.1) is 11.8 Å². The summed E-state index contributed by atoms with van der Waals surface area (Å²) >= 11 is -0.929. The van der Waals surface area contributed by atoms with Gasteiger partial charge >= 0.3 is 69.6 Å². The Morgan fingerprint density at radius 2 is 0.943 bits per heavy atom.